The van der Waals surface area contributed by atoms with Crippen LogP contribution in [0.4, 0.5) is 0 Å². The van der Waals surface area contributed by atoms with Crippen LogP contribution in [0.5, 0.6) is 5.75 Å². The van der Waals surface area contributed by atoms with Crippen molar-refractivity contribution in [1.29, 1.82) is 0 Å². The second kappa shape index (κ2) is 7.55. The second-order valence-corrected chi connectivity index (χ2v) is 6.17. The van der Waals surface area contributed by atoms with E-state index in [1.807, 2.05) is 45.0 Å². The van der Waals surface area contributed by atoms with Crippen LogP contribution >= 0.6 is 11.8 Å². The van der Waals surface area contributed by atoms with E-state index >= 15 is 0 Å². The Morgan fingerprint density at radius 2 is 1.95 bits per heavy atom. The van der Waals surface area contributed by atoms with Gasteiger partial charge in [0.05, 0.1) is 24.5 Å². The molecule has 0 atom stereocenters. The van der Waals surface area contributed by atoms with Gasteiger partial charge in [-0.2, -0.15) is 0 Å². The minimum absolute atomic E-state index is 0.00272. The molecule has 4 nitrogen and oxygen atoms in total. The minimum atomic E-state index is -0.531. The van der Waals surface area contributed by atoms with Gasteiger partial charge in [-0.05, 0) is 45.0 Å². The van der Waals surface area contributed by atoms with Crippen molar-refractivity contribution in [2.45, 2.75) is 31.2 Å². The van der Waals surface area contributed by atoms with Crippen molar-refractivity contribution in [1.82, 2.24) is 4.90 Å². The Hall–Kier alpha value is -1.20. The van der Waals surface area contributed by atoms with Crippen molar-refractivity contribution in [3.05, 3.63) is 24.3 Å². The molecule has 1 aromatic carbocycles. The molecule has 0 aromatic heterocycles. The molecule has 0 spiro atoms. The van der Waals surface area contributed by atoms with Crippen LogP contribution < -0.4 is 4.74 Å². The highest BCUT2D eigenvalue weighted by atomic mass is 32.2. The van der Waals surface area contributed by atoms with Gasteiger partial charge in [0.15, 0.2) is 0 Å². The maximum absolute atomic E-state index is 12.1. The zero-order valence-corrected chi connectivity index (χ0v) is 13.4. The quantitative estimate of drug-likeness (QED) is 0.785. The van der Waals surface area contributed by atoms with Gasteiger partial charge in [-0.3, -0.25) is 4.79 Å². The Morgan fingerprint density at radius 1 is 1.35 bits per heavy atom. The van der Waals surface area contributed by atoms with E-state index in [1.54, 1.807) is 11.9 Å². The van der Waals surface area contributed by atoms with E-state index in [0.29, 0.717) is 12.4 Å². The van der Waals surface area contributed by atoms with Crippen molar-refractivity contribution in [3.8, 4) is 5.75 Å². The maximum atomic E-state index is 12.1. The monoisotopic (exact) mass is 297 g/mol. The van der Waals surface area contributed by atoms with Gasteiger partial charge in [-0.1, -0.05) is 0 Å². The fourth-order valence-electron chi connectivity index (χ4n) is 1.48. The van der Waals surface area contributed by atoms with Crippen molar-refractivity contribution in [2.75, 3.05) is 26.0 Å². The summed E-state index contributed by atoms with van der Waals surface area (Å²) in [5.41, 5.74) is -0.531. The molecule has 0 bridgehead atoms. The molecule has 112 valence electrons. The van der Waals surface area contributed by atoms with Crippen LogP contribution in [0.25, 0.3) is 0 Å². The first-order valence-electron chi connectivity index (χ1n) is 6.64. The molecule has 0 fully saturated rings. The lowest BCUT2D eigenvalue weighted by Crippen LogP contribution is -2.48. The highest BCUT2D eigenvalue weighted by molar-refractivity contribution is 8.00. The maximum Gasteiger partial charge on any atom is 0.233 e. The summed E-state index contributed by atoms with van der Waals surface area (Å²) in [6.45, 7) is 6.22. The molecule has 0 aliphatic rings. The average Bonchev–Trinajstić information content (AvgIpc) is 2.45. The van der Waals surface area contributed by atoms with Crippen molar-refractivity contribution in [2.24, 2.45) is 0 Å². The van der Waals surface area contributed by atoms with E-state index in [2.05, 4.69) is 0 Å². The van der Waals surface area contributed by atoms with Gasteiger partial charge in [0.2, 0.25) is 5.91 Å². The predicted octanol–water partition coefficient (Wildman–Crippen LogP) is 2.41. The van der Waals surface area contributed by atoms with Gasteiger partial charge in [0.25, 0.3) is 0 Å². The van der Waals surface area contributed by atoms with Crippen LogP contribution in [-0.4, -0.2) is 47.5 Å². The van der Waals surface area contributed by atoms with E-state index in [0.717, 1.165) is 10.6 Å². The summed E-state index contributed by atoms with van der Waals surface area (Å²) < 4.78 is 5.37. The molecule has 1 N–H and O–H groups in total. The molecule has 1 aromatic rings. The number of carbonyl (C=O) groups is 1. The first-order chi connectivity index (χ1) is 9.40. The van der Waals surface area contributed by atoms with Crippen molar-refractivity contribution in [3.63, 3.8) is 0 Å². The van der Waals surface area contributed by atoms with Crippen LogP contribution in [-0.2, 0) is 4.79 Å². The Kier molecular flexibility index (Phi) is 6.36. The third-order valence-corrected chi connectivity index (χ3v) is 4.16. The summed E-state index contributed by atoms with van der Waals surface area (Å²) >= 11 is 1.48. The molecule has 0 heterocycles. The first kappa shape index (κ1) is 16.9. The lowest BCUT2D eigenvalue weighted by molar-refractivity contribution is -0.133. The summed E-state index contributed by atoms with van der Waals surface area (Å²) in [6, 6.07) is 7.69. The number of likely N-dealkylation sites (N-methyl/N-ethyl adjacent to an activating group) is 1. The zero-order chi connectivity index (χ0) is 15.2. The molecule has 0 radical (unpaired) electrons. The van der Waals surface area contributed by atoms with Crippen LogP contribution in [0, 0.1) is 0 Å². The molecule has 20 heavy (non-hydrogen) atoms. The lowest BCUT2D eigenvalue weighted by atomic mass is 10.1. The predicted molar refractivity (Wildman–Crippen MR) is 82.3 cm³/mol. The first-order valence-corrected chi connectivity index (χ1v) is 7.62. The summed E-state index contributed by atoms with van der Waals surface area (Å²) in [5.74, 6) is 1.19. The third-order valence-electron chi connectivity index (χ3n) is 3.17. The lowest BCUT2D eigenvalue weighted by Gasteiger charge is -2.33. The van der Waals surface area contributed by atoms with Gasteiger partial charge in [-0.15, -0.1) is 11.8 Å². The molecule has 0 unspecified atom stereocenters. The molecule has 5 heteroatoms. The van der Waals surface area contributed by atoms with Gasteiger partial charge < -0.3 is 14.7 Å². The van der Waals surface area contributed by atoms with Crippen LogP contribution in [0.2, 0.25) is 0 Å². The highest BCUT2D eigenvalue weighted by Gasteiger charge is 2.26. The molecular weight excluding hydrogens is 274 g/mol. The van der Waals surface area contributed by atoms with Crippen LogP contribution in [0.15, 0.2) is 29.2 Å². The molecule has 1 amide bonds. The number of aliphatic hydroxyl groups excluding tert-OH is 1. The normalized spacial score (nSPS) is 11.2. The number of thioether (sulfide) groups is 1. The third kappa shape index (κ3) is 4.72. The summed E-state index contributed by atoms with van der Waals surface area (Å²) in [6.07, 6.45) is 0. The smallest absolute Gasteiger partial charge is 0.233 e. The van der Waals surface area contributed by atoms with Gasteiger partial charge in [0, 0.05) is 11.9 Å². The molecule has 0 saturated carbocycles. The Bertz CT molecular complexity index is 431. The number of hydrogen-bond acceptors (Lipinski definition) is 4. The van der Waals surface area contributed by atoms with E-state index < -0.39 is 5.54 Å². The average molecular weight is 297 g/mol. The van der Waals surface area contributed by atoms with Crippen molar-refractivity contribution >= 4 is 17.7 Å². The molecule has 0 saturated heterocycles. The van der Waals surface area contributed by atoms with Crippen LogP contribution in [0.1, 0.15) is 20.8 Å². The highest BCUT2D eigenvalue weighted by Crippen LogP contribution is 2.22. The zero-order valence-electron chi connectivity index (χ0n) is 12.5. The largest absolute Gasteiger partial charge is 0.494 e. The summed E-state index contributed by atoms with van der Waals surface area (Å²) in [4.78, 5) is 14.7. The minimum Gasteiger partial charge on any atom is -0.494 e. The van der Waals surface area contributed by atoms with E-state index in [9.17, 15) is 9.90 Å². The number of aliphatic hydroxyl groups is 1. The standard InChI is InChI=1S/C15H23NO3S/c1-5-19-12-6-8-13(9-7-12)20-10-14(18)16(4)15(2,3)11-17/h6-9,17H,5,10-11H2,1-4H3. The van der Waals surface area contributed by atoms with Crippen LogP contribution in [0.3, 0.4) is 0 Å². The van der Waals surface area contributed by atoms with E-state index in [4.69, 9.17) is 4.74 Å². The fourth-order valence-corrected chi connectivity index (χ4v) is 2.30. The Morgan fingerprint density at radius 3 is 2.45 bits per heavy atom. The Balaban J connectivity index is 2.52. The number of carbonyl (C=O) groups excluding carboxylic acids is 1. The summed E-state index contributed by atoms with van der Waals surface area (Å²) in [5, 5.41) is 9.27. The Labute approximate surface area is 125 Å². The SMILES string of the molecule is CCOc1ccc(SCC(=O)N(C)C(C)(C)CO)cc1. The number of rotatable bonds is 7. The summed E-state index contributed by atoms with van der Waals surface area (Å²) in [7, 11) is 1.72. The number of hydrogen-bond donors (Lipinski definition) is 1. The number of nitrogens with zero attached hydrogens (tertiary/aromatic N) is 1. The van der Waals surface area contributed by atoms with Gasteiger partial charge in [-0.25, -0.2) is 0 Å². The van der Waals surface area contributed by atoms with E-state index in [1.165, 1.54) is 11.8 Å². The van der Waals surface area contributed by atoms with Gasteiger partial charge >= 0.3 is 0 Å². The fraction of sp³-hybridized carbons (Fsp3) is 0.533. The second-order valence-electron chi connectivity index (χ2n) is 5.12. The van der Waals surface area contributed by atoms with E-state index in [-0.39, 0.29) is 12.5 Å². The van der Waals surface area contributed by atoms with Gasteiger partial charge in [0.1, 0.15) is 5.75 Å². The number of benzene rings is 1. The molecule has 1 rings (SSSR count). The molecule has 0 aliphatic heterocycles. The number of amides is 1. The molecule has 0 aliphatic carbocycles. The van der Waals surface area contributed by atoms with Crippen molar-refractivity contribution < 1.29 is 14.6 Å². The number of ether oxygens (including phenoxy) is 1. The molecular formula is C15H23NO3S. The topological polar surface area (TPSA) is 49.8 Å².